The summed E-state index contributed by atoms with van der Waals surface area (Å²) in [5.74, 6) is 0.715. The van der Waals surface area contributed by atoms with Gasteiger partial charge in [-0.3, -0.25) is 4.90 Å². The lowest BCUT2D eigenvalue weighted by Crippen LogP contribution is -2.29. The van der Waals surface area contributed by atoms with E-state index in [1.165, 1.54) is 25.3 Å². The van der Waals surface area contributed by atoms with Crippen LogP contribution in [0.5, 0.6) is 5.75 Å². The van der Waals surface area contributed by atoms with Gasteiger partial charge in [-0.15, -0.1) is 0 Å². The Labute approximate surface area is 115 Å². The number of halogens is 1. The third-order valence-electron chi connectivity index (χ3n) is 3.86. The van der Waals surface area contributed by atoms with Gasteiger partial charge in [0.15, 0.2) is 0 Å². The van der Waals surface area contributed by atoms with E-state index in [0.717, 1.165) is 30.8 Å². The molecule has 0 saturated carbocycles. The summed E-state index contributed by atoms with van der Waals surface area (Å²) in [4.78, 5) is 2.43. The minimum Gasteiger partial charge on any atom is -0.496 e. The zero-order valence-electron chi connectivity index (χ0n) is 12.2. The minimum absolute atomic E-state index is 0.158. The monoisotopic (exact) mass is 265 g/mol. The van der Waals surface area contributed by atoms with E-state index in [-0.39, 0.29) is 11.7 Å². The molecule has 106 valence electrons. The number of benzene rings is 1. The Morgan fingerprint density at radius 3 is 2.47 bits per heavy atom. The van der Waals surface area contributed by atoms with Gasteiger partial charge < -0.3 is 4.74 Å². The molecule has 1 aromatic rings. The first-order valence-corrected chi connectivity index (χ1v) is 7.20. The fraction of sp³-hybridized carbons (Fsp3) is 0.625. The van der Waals surface area contributed by atoms with Gasteiger partial charge in [-0.1, -0.05) is 20.3 Å². The van der Waals surface area contributed by atoms with Crippen molar-refractivity contribution >= 4 is 0 Å². The van der Waals surface area contributed by atoms with Crippen molar-refractivity contribution in [3.63, 3.8) is 0 Å². The van der Waals surface area contributed by atoms with Crippen molar-refractivity contribution in [3.8, 4) is 5.75 Å². The Hall–Kier alpha value is -1.09. The van der Waals surface area contributed by atoms with Gasteiger partial charge >= 0.3 is 0 Å². The van der Waals surface area contributed by atoms with Crippen LogP contribution in [0.15, 0.2) is 12.1 Å². The van der Waals surface area contributed by atoms with Crippen LogP contribution >= 0.6 is 0 Å². The van der Waals surface area contributed by atoms with E-state index in [0.29, 0.717) is 5.75 Å². The maximum atomic E-state index is 14.0. The predicted octanol–water partition coefficient (Wildman–Crippen LogP) is 3.94. The van der Waals surface area contributed by atoms with E-state index in [9.17, 15) is 4.39 Å². The van der Waals surface area contributed by atoms with E-state index in [2.05, 4.69) is 4.90 Å². The molecule has 0 radical (unpaired) electrons. The maximum absolute atomic E-state index is 14.0. The summed E-state index contributed by atoms with van der Waals surface area (Å²) in [7, 11) is 1.61. The fourth-order valence-electron chi connectivity index (χ4n) is 2.73. The third-order valence-corrected chi connectivity index (χ3v) is 3.86. The molecule has 2 nitrogen and oxygen atoms in total. The highest BCUT2D eigenvalue weighted by atomic mass is 19.1. The van der Waals surface area contributed by atoms with Crippen LogP contribution in [0.25, 0.3) is 0 Å². The van der Waals surface area contributed by atoms with E-state index in [4.69, 9.17) is 4.74 Å². The normalized spacial score (nSPS) is 16.9. The maximum Gasteiger partial charge on any atom is 0.130 e. The van der Waals surface area contributed by atoms with Crippen molar-refractivity contribution in [1.82, 2.24) is 4.90 Å². The second kappa shape index (κ2) is 6.38. The number of rotatable bonds is 4. The Balaban J connectivity index is 2.23. The fourth-order valence-corrected chi connectivity index (χ4v) is 2.73. The summed E-state index contributed by atoms with van der Waals surface area (Å²) in [5.41, 5.74) is 1.89. The van der Waals surface area contributed by atoms with Crippen LogP contribution in [0.3, 0.4) is 0 Å². The first kappa shape index (κ1) is 14.3. The number of nitrogens with zero attached hydrogens (tertiary/aromatic N) is 1. The molecule has 0 bridgehead atoms. The molecule has 0 aliphatic carbocycles. The summed E-state index contributed by atoms with van der Waals surface area (Å²) >= 11 is 0. The third kappa shape index (κ3) is 3.47. The summed E-state index contributed by atoms with van der Waals surface area (Å²) in [6.45, 7) is 7.18. The molecule has 0 aromatic heterocycles. The molecule has 1 fully saturated rings. The van der Waals surface area contributed by atoms with Gasteiger partial charge in [0.2, 0.25) is 0 Å². The first-order chi connectivity index (χ1) is 9.11. The molecular formula is C16H24FNO. The van der Waals surface area contributed by atoms with E-state index in [1.54, 1.807) is 7.11 Å². The number of hydrogen-bond acceptors (Lipinski definition) is 2. The van der Waals surface area contributed by atoms with Crippen molar-refractivity contribution in [2.75, 3.05) is 20.2 Å². The Morgan fingerprint density at radius 1 is 1.21 bits per heavy atom. The molecule has 1 heterocycles. The van der Waals surface area contributed by atoms with Crippen LogP contribution in [-0.4, -0.2) is 25.1 Å². The molecule has 3 heteroatoms. The molecule has 2 rings (SSSR count). The van der Waals surface area contributed by atoms with Gasteiger partial charge in [-0.05, 0) is 43.5 Å². The second-order valence-corrected chi connectivity index (χ2v) is 5.68. The van der Waals surface area contributed by atoms with E-state index >= 15 is 0 Å². The molecule has 0 amide bonds. The zero-order valence-corrected chi connectivity index (χ0v) is 12.2. The van der Waals surface area contributed by atoms with Crippen LogP contribution in [-0.2, 0) is 6.54 Å². The lowest BCUT2D eigenvalue weighted by molar-refractivity contribution is 0.218. The highest BCUT2D eigenvalue weighted by Gasteiger charge is 2.16. The zero-order chi connectivity index (χ0) is 13.8. The molecule has 0 unspecified atom stereocenters. The summed E-state index contributed by atoms with van der Waals surface area (Å²) < 4.78 is 19.3. The summed E-state index contributed by atoms with van der Waals surface area (Å²) in [6, 6.07) is 3.52. The van der Waals surface area contributed by atoms with Crippen molar-refractivity contribution < 1.29 is 9.13 Å². The average Bonchev–Trinajstić information content (AvgIpc) is 2.41. The molecule has 1 aromatic carbocycles. The standard InChI is InChI=1S/C16H24FNO/c1-12(2)14-9-13(16(19-3)10-15(14)17)11-18-7-5-4-6-8-18/h9-10,12H,4-8,11H2,1-3H3. The molecule has 0 spiro atoms. The van der Waals surface area contributed by atoms with E-state index < -0.39 is 0 Å². The summed E-state index contributed by atoms with van der Waals surface area (Å²) in [5, 5.41) is 0. The van der Waals surface area contributed by atoms with Crippen LogP contribution in [0.2, 0.25) is 0 Å². The number of methoxy groups -OCH3 is 1. The number of ether oxygens (including phenoxy) is 1. The molecule has 1 saturated heterocycles. The molecular weight excluding hydrogens is 241 g/mol. The topological polar surface area (TPSA) is 12.5 Å². The molecule has 0 N–H and O–H groups in total. The number of piperidine rings is 1. The minimum atomic E-state index is -0.158. The SMILES string of the molecule is COc1cc(F)c(C(C)C)cc1CN1CCCCC1. The van der Waals surface area contributed by atoms with Gasteiger partial charge in [0, 0.05) is 18.2 Å². The van der Waals surface area contributed by atoms with Gasteiger partial charge in [0.1, 0.15) is 11.6 Å². The molecule has 1 aliphatic heterocycles. The Bertz CT molecular complexity index is 425. The van der Waals surface area contributed by atoms with E-state index in [1.807, 2.05) is 19.9 Å². The lowest BCUT2D eigenvalue weighted by atomic mass is 9.98. The largest absolute Gasteiger partial charge is 0.496 e. The lowest BCUT2D eigenvalue weighted by Gasteiger charge is -2.27. The van der Waals surface area contributed by atoms with Gasteiger partial charge in [-0.2, -0.15) is 0 Å². The summed E-state index contributed by atoms with van der Waals surface area (Å²) in [6.07, 6.45) is 3.86. The molecule has 19 heavy (non-hydrogen) atoms. The number of likely N-dealkylation sites (tertiary alicyclic amines) is 1. The second-order valence-electron chi connectivity index (χ2n) is 5.68. The highest BCUT2D eigenvalue weighted by Crippen LogP contribution is 2.29. The molecule has 0 atom stereocenters. The van der Waals surface area contributed by atoms with Crippen LogP contribution in [0.1, 0.15) is 50.2 Å². The quantitative estimate of drug-likeness (QED) is 0.817. The smallest absolute Gasteiger partial charge is 0.130 e. The van der Waals surface area contributed by atoms with Crippen molar-refractivity contribution in [2.45, 2.75) is 45.6 Å². The van der Waals surface area contributed by atoms with Gasteiger partial charge in [0.25, 0.3) is 0 Å². The Morgan fingerprint density at radius 2 is 1.89 bits per heavy atom. The van der Waals surface area contributed by atoms with Crippen molar-refractivity contribution in [2.24, 2.45) is 0 Å². The number of hydrogen-bond donors (Lipinski definition) is 0. The van der Waals surface area contributed by atoms with Crippen molar-refractivity contribution in [3.05, 3.63) is 29.1 Å². The first-order valence-electron chi connectivity index (χ1n) is 7.20. The molecule has 1 aliphatic rings. The van der Waals surface area contributed by atoms with Gasteiger partial charge in [0.05, 0.1) is 7.11 Å². The van der Waals surface area contributed by atoms with Crippen molar-refractivity contribution in [1.29, 1.82) is 0 Å². The predicted molar refractivity (Wildman–Crippen MR) is 76.2 cm³/mol. The average molecular weight is 265 g/mol. The van der Waals surface area contributed by atoms with Gasteiger partial charge in [-0.25, -0.2) is 4.39 Å². The van der Waals surface area contributed by atoms with Crippen LogP contribution in [0.4, 0.5) is 4.39 Å². The van der Waals surface area contributed by atoms with Crippen LogP contribution in [0, 0.1) is 5.82 Å². The Kier molecular flexibility index (Phi) is 4.81. The van der Waals surface area contributed by atoms with Crippen LogP contribution < -0.4 is 4.74 Å². The highest BCUT2D eigenvalue weighted by molar-refractivity contribution is 5.39.